The third-order valence-corrected chi connectivity index (χ3v) is 9.57. The predicted molar refractivity (Wildman–Crippen MR) is 227 cm³/mol. The van der Waals surface area contributed by atoms with Gasteiger partial charge in [-0.15, -0.1) is 10.2 Å². The molecule has 298 valence electrons. The fourth-order valence-electron chi connectivity index (χ4n) is 6.64. The van der Waals surface area contributed by atoms with Crippen molar-refractivity contribution in [1.82, 2.24) is 0 Å². The Balaban J connectivity index is 1.15. The molecule has 0 atom stereocenters. The van der Waals surface area contributed by atoms with E-state index < -0.39 is 35.3 Å². The molecule has 7 rings (SSSR count). The standard InChI is InChI=1S/C46H36N6O8/c1-25-19-33(47-43(55)36-23-27-11-5-7-17-34(27)39(41(36)53)51-49-31-15-9-13-29(21-31)45(57)59-3)20-26(2)38(25)48-44(56)37-24-28-12-6-8-18-35(28)40(42(37)54)52-50-32-16-10-14-30(22-32)46(58)60-4/h5-24,53-54H,1-4H3,(H,47,55)(H,48,56). The number of benzene rings is 7. The Morgan fingerprint density at radius 1 is 0.517 bits per heavy atom. The Hall–Kier alpha value is -8.26. The smallest absolute Gasteiger partial charge is 0.337 e. The van der Waals surface area contributed by atoms with Crippen LogP contribution in [-0.2, 0) is 9.47 Å². The van der Waals surface area contributed by atoms with Gasteiger partial charge in [-0.1, -0.05) is 60.7 Å². The lowest BCUT2D eigenvalue weighted by atomic mass is 10.0. The van der Waals surface area contributed by atoms with Gasteiger partial charge >= 0.3 is 11.9 Å². The van der Waals surface area contributed by atoms with Crippen molar-refractivity contribution in [2.75, 3.05) is 24.9 Å². The van der Waals surface area contributed by atoms with Gasteiger partial charge < -0.3 is 30.3 Å². The quantitative estimate of drug-likeness (QED) is 0.0772. The summed E-state index contributed by atoms with van der Waals surface area (Å²) in [7, 11) is 2.55. The number of hydrogen-bond acceptors (Lipinski definition) is 12. The number of aromatic hydroxyl groups is 2. The number of amides is 2. The lowest BCUT2D eigenvalue weighted by Crippen LogP contribution is -2.16. The van der Waals surface area contributed by atoms with Crippen LogP contribution in [0.5, 0.6) is 11.5 Å². The summed E-state index contributed by atoms with van der Waals surface area (Å²) in [5, 5.41) is 48.0. The van der Waals surface area contributed by atoms with E-state index in [1.165, 1.54) is 26.4 Å². The first-order valence-corrected chi connectivity index (χ1v) is 18.4. The third kappa shape index (κ3) is 8.24. The number of phenolic OH excluding ortho intramolecular Hbond substituents is 2. The summed E-state index contributed by atoms with van der Waals surface area (Å²) in [6.07, 6.45) is 0. The highest BCUT2D eigenvalue weighted by Gasteiger charge is 2.22. The number of hydrogen-bond donors (Lipinski definition) is 4. The van der Waals surface area contributed by atoms with Crippen molar-refractivity contribution in [2.45, 2.75) is 13.8 Å². The van der Waals surface area contributed by atoms with Crippen LogP contribution in [0.2, 0.25) is 0 Å². The van der Waals surface area contributed by atoms with Crippen LogP contribution < -0.4 is 10.6 Å². The summed E-state index contributed by atoms with van der Waals surface area (Å²) in [6, 6.07) is 33.2. The number of esters is 2. The van der Waals surface area contributed by atoms with E-state index >= 15 is 0 Å². The number of nitrogens with zero attached hydrogens (tertiary/aromatic N) is 4. The second-order valence-corrected chi connectivity index (χ2v) is 13.6. The maximum atomic E-state index is 13.9. The second kappa shape index (κ2) is 17.1. The number of carbonyl (C=O) groups is 4. The lowest BCUT2D eigenvalue weighted by molar-refractivity contribution is 0.0592. The van der Waals surface area contributed by atoms with Gasteiger partial charge in [0.1, 0.15) is 11.4 Å². The van der Waals surface area contributed by atoms with Gasteiger partial charge in [0.15, 0.2) is 11.5 Å². The van der Waals surface area contributed by atoms with Crippen LogP contribution in [0.1, 0.15) is 52.6 Å². The molecule has 60 heavy (non-hydrogen) atoms. The van der Waals surface area contributed by atoms with Crippen molar-refractivity contribution in [2.24, 2.45) is 20.5 Å². The minimum Gasteiger partial charge on any atom is -0.505 e. The molecule has 0 bridgehead atoms. The van der Waals surface area contributed by atoms with Gasteiger partial charge in [-0.2, -0.15) is 10.2 Å². The van der Waals surface area contributed by atoms with Crippen molar-refractivity contribution in [3.8, 4) is 11.5 Å². The normalized spacial score (nSPS) is 11.3. The molecule has 0 saturated heterocycles. The van der Waals surface area contributed by atoms with Crippen LogP contribution in [0.4, 0.5) is 34.1 Å². The summed E-state index contributed by atoms with van der Waals surface area (Å²) < 4.78 is 9.58. The number of nitrogens with one attached hydrogen (secondary N) is 2. The number of carbonyl (C=O) groups excluding carboxylic acids is 4. The van der Waals surface area contributed by atoms with E-state index in [9.17, 15) is 29.4 Å². The molecule has 0 heterocycles. The summed E-state index contributed by atoms with van der Waals surface area (Å²) in [4.78, 5) is 51.7. The number of aryl methyl sites for hydroxylation is 2. The number of anilines is 2. The molecule has 0 saturated carbocycles. The zero-order chi connectivity index (χ0) is 42.5. The molecule has 0 aromatic heterocycles. The summed E-state index contributed by atoms with van der Waals surface area (Å²) >= 11 is 0. The third-order valence-electron chi connectivity index (χ3n) is 9.57. The Morgan fingerprint density at radius 2 is 0.950 bits per heavy atom. The molecular formula is C46H36N6O8. The van der Waals surface area contributed by atoms with Crippen molar-refractivity contribution in [3.63, 3.8) is 0 Å². The number of rotatable bonds is 10. The van der Waals surface area contributed by atoms with Gasteiger partial charge in [-0.25, -0.2) is 9.59 Å². The minimum absolute atomic E-state index is 0.0569. The highest BCUT2D eigenvalue weighted by Crippen LogP contribution is 2.42. The molecule has 7 aromatic carbocycles. The van der Waals surface area contributed by atoms with Crippen molar-refractivity contribution in [1.29, 1.82) is 0 Å². The van der Waals surface area contributed by atoms with Gasteiger partial charge in [-0.05, 0) is 96.4 Å². The number of ether oxygens (including phenoxy) is 2. The lowest BCUT2D eigenvalue weighted by Gasteiger charge is -2.16. The van der Waals surface area contributed by atoms with Crippen LogP contribution in [0.25, 0.3) is 21.5 Å². The number of methoxy groups -OCH3 is 2. The second-order valence-electron chi connectivity index (χ2n) is 13.6. The van der Waals surface area contributed by atoms with E-state index in [4.69, 9.17) is 9.47 Å². The largest absolute Gasteiger partial charge is 0.505 e. The molecule has 0 aliphatic rings. The highest BCUT2D eigenvalue weighted by molar-refractivity contribution is 6.14. The molecule has 0 fully saturated rings. The van der Waals surface area contributed by atoms with E-state index in [0.29, 0.717) is 55.4 Å². The molecule has 0 radical (unpaired) electrons. The first-order chi connectivity index (χ1) is 28.9. The van der Waals surface area contributed by atoms with Crippen molar-refractivity contribution < 1.29 is 38.9 Å². The average molecular weight is 801 g/mol. The average Bonchev–Trinajstić information content (AvgIpc) is 3.26. The van der Waals surface area contributed by atoms with Gasteiger partial charge in [-0.3, -0.25) is 9.59 Å². The van der Waals surface area contributed by atoms with Crippen LogP contribution >= 0.6 is 0 Å². The Labute approximate surface area is 342 Å². The molecule has 4 N–H and O–H groups in total. The predicted octanol–water partition coefficient (Wildman–Crippen LogP) is 10.9. The number of azo groups is 2. The highest BCUT2D eigenvalue weighted by atomic mass is 16.5. The first kappa shape index (κ1) is 40.0. The topological polar surface area (TPSA) is 201 Å². The van der Waals surface area contributed by atoms with E-state index in [0.717, 1.165) is 0 Å². The zero-order valence-corrected chi connectivity index (χ0v) is 32.7. The molecule has 0 spiro atoms. The number of fused-ring (bicyclic) bond motifs is 2. The summed E-state index contributed by atoms with van der Waals surface area (Å²) in [6.45, 7) is 3.50. The van der Waals surface area contributed by atoms with Gasteiger partial charge in [0.2, 0.25) is 0 Å². The van der Waals surface area contributed by atoms with Crippen molar-refractivity contribution >= 4 is 79.4 Å². The molecule has 0 unspecified atom stereocenters. The molecule has 14 nitrogen and oxygen atoms in total. The van der Waals surface area contributed by atoms with Crippen LogP contribution in [0, 0.1) is 13.8 Å². The monoisotopic (exact) mass is 800 g/mol. The van der Waals surface area contributed by atoms with Gasteiger partial charge in [0.25, 0.3) is 11.8 Å². The number of phenols is 2. The van der Waals surface area contributed by atoms with E-state index in [1.807, 2.05) is 0 Å². The Kier molecular flexibility index (Phi) is 11.4. The van der Waals surface area contributed by atoms with E-state index in [2.05, 4.69) is 31.1 Å². The van der Waals surface area contributed by atoms with E-state index in [1.54, 1.807) is 123 Å². The molecule has 2 amide bonds. The minimum atomic E-state index is -0.627. The maximum Gasteiger partial charge on any atom is 0.337 e. The fourth-order valence-corrected chi connectivity index (χ4v) is 6.64. The molecule has 0 aliphatic carbocycles. The molecule has 7 aromatic rings. The van der Waals surface area contributed by atoms with Crippen LogP contribution in [-0.4, -0.2) is 48.2 Å². The Bertz CT molecular complexity index is 2920. The Morgan fingerprint density at radius 3 is 1.40 bits per heavy atom. The molecule has 0 aliphatic heterocycles. The SMILES string of the molecule is COC(=O)c1cccc(N=Nc2c(O)c(C(=O)Nc3cc(C)c(NC(=O)c4cc5ccccc5c(N=Nc5cccc(C(=O)OC)c5)c4O)c(C)c3)cc3ccccc23)c1. The van der Waals surface area contributed by atoms with Crippen LogP contribution in [0.15, 0.2) is 142 Å². The first-order valence-electron chi connectivity index (χ1n) is 18.4. The summed E-state index contributed by atoms with van der Waals surface area (Å²) in [5.74, 6) is -3.13. The fraction of sp³-hybridized carbons (Fsp3) is 0.0870. The van der Waals surface area contributed by atoms with Gasteiger partial charge in [0, 0.05) is 22.1 Å². The summed E-state index contributed by atoms with van der Waals surface area (Å²) in [5.41, 5.74) is 3.22. The molecular weight excluding hydrogens is 765 g/mol. The molecule has 14 heteroatoms. The van der Waals surface area contributed by atoms with Gasteiger partial charge in [0.05, 0.1) is 47.8 Å². The maximum absolute atomic E-state index is 13.9. The van der Waals surface area contributed by atoms with E-state index in [-0.39, 0.29) is 33.6 Å². The van der Waals surface area contributed by atoms with Crippen LogP contribution in [0.3, 0.4) is 0 Å². The van der Waals surface area contributed by atoms with Crippen molar-refractivity contribution in [3.05, 3.63) is 155 Å². The zero-order valence-electron chi connectivity index (χ0n) is 32.7.